The molecule has 3 aromatic rings. The second kappa shape index (κ2) is 9.91. The normalized spacial score (nSPS) is 10.8. The predicted molar refractivity (Wildman–Crippen MR) is 116 cm³/mol. The molecule has 29 heavy (non-hydrogen) atoms. The van der Waals surface area contributed by atoms with E-state index in [4.69, 9.17) is 16.7 Å². The maximum Gasteiger partial charge on any atom is 0.336 e. The van der Waals surface area contributed by atoms with Crippen molar-refractivity contribution in [2.45, 2.75) is 10.6 Å². The molecule has 3 aromatic carbocycles. The Morgan fingerprint density at radius 3 is 2.38 bits per heavy atom. The molecule has 0 heterocycles. The van der Waals surface area contributed by atoms with Crippen molar-refractivity contribution in [3.05, 3.63) is 100 Å². The van der Waals surface area contributed by atoms with Gasteiger partial charge in [0.15, 0.2) is 0 Å². The molecule has 0 saturated heterocycles. The van der Waals surface area contributed by atoms with Crippen LogP contribution in [0, 0.1) is 0 Å². The Hall–Kier alpha value is -3.09. The number of thioether (sulfide) groups is 1. The van der Waals surface area contributed by atoms with Crippen LogP contribution in [0.15, 0.2) is 82.8 Å². The largest absolute Gasteiger partial charge is 0.478 e. The van der Waals surface area contributed by atoms with Crippen LogP contribution >= 0.6 is 23.4 Å². The van der Waals surface area contributed by atoms with Crippen molar-refractivity contribution < 1.29 is 14.7 Å². The molecule has 2 N–H and O–H groups in total. The van der Waals surface area contributed by atoms with Gasteiger partial charge in [-0.1, -0.05) is 41.9 Å². The van der Waals surface area contributed by atoms with Crippen LogP contribution in [0.2, 0.25) is 5.02 Å². The van der Waals surface area contributed by atoms with Gasteiger partial charge in [0, 0.05) is 26.8 Å². The summed E-state index contributed by atoms with van der Waals surface area (Å²) in [4.78, 5) is 24.5. The minimum atomic E-state index is -1.05. The molecule has 0 unspecified atom stereocenters. The number of rotatable bonds is 7. The molecule has 0 atom stereocenters. The molecule has 1 amide bonds. The molecule has 0 aliphatic heterocycles. The molecule has 0 bridgehead atoms. The van der Waals surface area contributed by atoms with Gasteiger partial charge < -0.3 is 5.11 Å². The zero-order chi connectivity index (χ0) is 20.6. The molecule has 3 rings (SSSR count). The van der Waals surface area contributed by atoms with E-state index < -0.39 is 5.97 Å². The van der Waals surface area contributed by atoms with Crippen molar-refractivity contribution in [2.24, 2.45) is 5.10 Å². The minimum absolute atomic E-state index is 0.119. The van der Waals surface area contributed by atoms with Gasteiger partial charge in [-0.05, 0) is 48.0 Å². The molecular formula is C22H17ClN2O3S. The van der Waals surface area contributed by atoms with Crippen LogP contribution in [0.3, 0.4) is 0 Å². The number of carboxylic acid groups (broad SMARTS) is 1. The summed E-state index contributed by atoms with van der Waals surface area (Å²) in [5, 5.41) is 13.7. The number of halogens is 1. The highest BCUT2D eigenvalue weighted by molar-refractivity contribution is 7.98. The van der Waals surface area contributed by atoms with Crippen LogP contribution in [0.4, 0.5) is 0 Å². The van der Waals surface area contributed by atoms with Crippen molar-refractivity contribution in [1.29, 1.82) is 0 Å². The number of amides is 1. The summed E-state index contributed by atoms with van der Waals surface area (Å²) in [6.07, 6.45) is 1.32. The van der Waals surface area contributed by atoms with Crippen LogP contribution in [0.25, 0.3) is 0 Å². The van der Waals surface area contributed by atoms with Crippen molar-refractivity contribution in [2.75, 3.05) is 0 Å². The molecule has 146 valence electrons. The van der Waals surface area contributed by atoms with E-state index in [2.05, 4.69) is 10.5 Å². The Labute approximate surface area is 177 Å². The van der Waals surface area contributed by atoms with Gasteiger partial charge in [-0.3, -0.25) is 4.79 Å². The molecule has 0 aliphatic carbocycles. The second-order valence-corrected chi connectivity index (χ2v) is 7.52. The molecule has 0 aliphatic rings. The Bertz CT molecular complexity index is 1030. The zero-order valence-electron chi connectivity index (χ0n) is 15.2. The molecule has 0 spiro atoms. The number of nitrogens with zero attached hydrogens (tertiary/aromatic N) is 1. The fraction of sp³-hybridized carbons (Fsp3) is 0.0455. The van der Waals surface area contributed by atoms with Crippen LogP contribution in [-0.2, 0) is 5.75 Å². The highest BCUT2D eigenvalue weighted by Gasteiger charge is 2.08. The first-order valence-corrected chi connectivity index (χ1v) is 10.0. The number of hydrogen-bond donors (Lipinski definition) is 2. The number of benzene rings is 3. The Morgan fingerprint density at radius 2 is 1.69 bits per heavy atom. The molecule has 0 aromatic heterocycles. The summed E-state index contributed by atoms with van der Waals surface area (Å²) in [6.45, 7) is 0. The highest BCUT2D eigenvalue weighted by Crippen LogP contribution is 2.24. The summed E-state index contributed by atoms with van der Waals surface area (Å²) in [5.74, 6) is -0.649. The van der Waals surface area contributed by atoms with E-state index in [9.17, 15) is 9.59 Å². The number of carboxylic acids is 1. The number of hydrazone groups is 1. The highest BCUT2D eigenvalue weighted by atomic mass is 35.5. The van der Waals surface area contributed by atoms with E-state index in [0.29, 0.717) is 16.1 Å². The maximum absolute atomic E-state index is 12.2. The quantitative estimate of drug-likeness (QED) is 0.314. The zero-order valence-corrected chi connectivity index (χ0v) is 16.8. The SMILES string of the molecule is O=C(N/N=C\c1ccccc1C(=O)O)c1ccc(CSc2ccc(Cl)cc2)cc1. The van der Waals surface area contributed by atoms with Crippen LogP contribution in [0.1, 0.15) is 31.8 Å². The van der Waals surface area contributed by atoms with Crippen molar-refractivity contribution >= 4 is 41.5 Å². The fourth-order valence-electron chi connectivity index (χ4n) is 2.48. The smallest absolute Gasteiger partial charge is 0.336 e. The van der Waals surface area contributed by atoms with Gasteiger partial charge in [0.05, 0.1) is 11.8 Å². The molecule has 0 saturated carbocycles. The van der Waals surface area contributed by atoms with E-state index in [0.717, 1.165) is 16.2 Å². The summed E-state index contributed by atoms with van der Waals surface area (Å²) >= 11 is 7.57. The first kappa shape index (κ1) is 20.6. The van der Waals surface area contributed by atoms with Gasteiger partial charge in [-0.25, -0.2) is 10.2 Å². The lowest BCUT2D eigenvalue weighted by Gasteiger charge is -2.04. The Morgan fingerprint density at radius 1 is 1.00 bits per heavy atom. The summed E-state index contributed by atoms with van der Waals surface area (Å²) < 4.78 is 0. The fourth-order valence-corrected chi connectivity index (χ4v) is 3.46. The number of aromatic carboxylic acids is 1. The second-order valence-electron chi connectivity index (χ2n) is 6.03. The van der Waals surface area contributed by atoms with E-state index >= 15 is 0 Å². The summed E-state index contributed by atoms with van der Waals surface area (Å²) in [5.41, 5.74) is 4.50. The van der Waals surface area contributed by atoms with Crippen molar-refractivity contribution in [3.63, 3.8) is 0 Å². The summed E-state index contributed by atoms with van der Waals surface area (Å²) in [7, 11) is 0. The third-order valence-electron chi connectivity index (χ3n) is 4.00. The minimum Gasteiger partial charge on any atom is -0.478 e. The molecule has 7 heteroatoms. The van der Waals surface area contributed by atoms with Gasteiger partial charge >= 0.3 is 5.97 Å². The van der Waals surface area contributed by atoms with Gasteiger partial charge in [-0.15, -0.1) is 11.8 Å². The number of carbonyl (C=O) groups excluding carboxylic acids is 1. The predicted octanol–water partition coefficient (Wildman–Crippen LogP) is 5.09. The Kier molecular flexibility index (Phi) is 7.05. The number of nitrogens with one attached hydrogen (secondary N) is 1. The average molecular weight is 425 g/mol. The third-order valence-corrected chi connectivity index (χ3v) is 5.33. The van der Waals surface area contributed by atoms with Gasteiger partial charge in [0.1, 0.15) is 0 Å². The monoisotopic (exact) mass is 424 g/mol. The van der Waals surface area contributed by atoms with Crippen molar-refractivity contribution in [1.82, 2.24) is 5.43 Å². The number of carbonyl (C=O) groups is 2. The first-order chi connectivity index (χ1) is 14.0. The van der Waals surface area contributed by atoms with Crippen LogP contribution in [-0.4, -0.2) is 23.2 Å². The molecule has 0 radical (unpaired) electrons. The molecular weight excluding hydrogens is 408 g/mol. The third kappa shape index (κ3) is 5.94. The Balaban J connectivity index is 1.56. The number of hydrogen-bond acceptors (Lipinski definition) is 4. The first-order valence-electron chi connectivity index (χ1n) is 8.66. The van der Waals surface area contributed by atoms with E-state index in [1.165, 1.54) is 12.3 Å². The lowest BCUT2D eigenvalue weighted by molar-refractivity contribution is 0.0696. The molecule has 0 fully saturated rings. The van der Waals surface area contributed by atoms with Crippen LogP contribution < -0.4 is 5.43 Å². The lowest BCUT2D eigenvalue weighted by Crippen LogP contribution is -2.17. The van der Waals surface area contributed by atoms with Gasteiger partial charge in [0.25, 0.3) is 5.91 Å². The van der Waals surface area contributed by atoms with Crippen molar-refractivity contribution in [3.8, 4) is 0 Å². The standard InChI is InChI=1S/C22H17ClN2O3S/c23-18-9-11-19(12-10-18)29-14-15-5-7-16(8-6-15)21(26)25-24-13-17-3-1-2-4-20(17)22(27)28/h1-13H,14H2,(H,25,26)(H,27,28)/b24-13-. The van der Waals surface area contributed by atoms with E-state index in [-0.39, 0.29) is 11.5 Å². The average Bonchev–Trinajstić information content (AvgIpc) is 2.74. The van der Waals surface area contributed by atoms with Crippen LogP contribution in [0.5, 0.6) is 0 Å². The van der Waals surface area contributed by atoms with E-state index in [1.807, 2.05) is 36.4 Å². The van der Waals surface area contributed by atoms with Gasteiger partial charge in [0.2, 0.25) is 0 Å². The molecule has 5 nitrogen and oxygen atoms in total. The maximum atomic E-state index is 12.2. The lowest BCUT2D eigenvalue weighted by atomic mass is 10.1. The van der Waals surface area contributed by atoms with E-state index in [1.54, 1.807) is 42.1 Å². The summed E-state index contributed by atoms with van der Waals surface area (Å²) in [6, 6.07) is 21.3. The topological polar surface area (TPSA) is 78.8 Å². The van der Waals surface area contributed by atoms with Gasteiger partial charge in [-0.2, -0.15) is 5.10 Å².